The molecule has 0 aliphatic rings. The first-order valence-corrected chi connectivity index (χ1v) is 14.4. The first-order valence-electron chi connectivity index (χ1n) is 11.9. The van der Waals surface area contributed by atoms with Gasteiger partial charge in [-0.2, -0.15) is 0 Å². The van der Waals surface area contributed by atoms with Crippen molar-refractivity contribution in [2.75, 3.05) is 16.4 Å². The molecule has 10 heteroatoms. The molecule has 3 amide bonds. The number of carbonyl (C=O) groups is 3. The third-order valence-electron chi connectivity index (χ3n) is 5.37. The van der Waals surface area contributed by atoms with E-state index in [0.717, 1.165) is 14.9 Å². The fourth-order valence-electron chi connectivity index (χ4n) is 3.47. The van der Waals surface area contributed by atoms with E-state index >= 15 is 0 Å². The number of hydrogen-bond acceptors (Lipinski definition) is 4. The standard InChI is InChI=1S/C30H22BrCl2N3O3S/c31-21-8-4-5-19(15-21)16-27(36-29(38)20-6-2-1-3-7-20)30(39)34-23-10-12-24(13-11-23)40-18-28(37)35-26-17-22(32)9-14-25(26)33/h1-17H,18H2,(H,34,39)(H,35,37)(H,36,38)/b27-16-. The van der Waals surface area contributed by atoms with Gasteiger partial charge in [0.2, 0.25) is 5.91 Å². The second kappa shape index (κ2) is 14.2. The summed E-state index contributed by atoms with van der Waals surface area (Å²) in [5, 5.41) is 9.16. The number of nitrogens with one attached hydrogen (secondary N) is 3. The third-order valence-corrected chi connectivity index (χ3v) is 7.44. The monoisotopic (exact) mass is 653 g/mol. The van der Waals surface area contributed by atoms with Gasteiger partial charge in [0.15, 0.2) is 0 Å². The lowest BCUT2D eigenvalue weighted by atomic mass is 10.1. The maximum atomic E-state index is 13.2. The number of anilines is 2. The molecule has 202 valence electrons. The zero-order valence-electron chi connectivity index (χ0n) is 20.8. The van der Waals surface area contributed by atoms with Crippen molar-refractivity contribution in [2.24, 2.45) is 0 Å². The Morgan fingerprint density at radius 3 is 2.30 bits per heavy atom. The number of carbonyl (C=O) groups excluding carboxylic acids is 3. The van der Waals surface area contributed by atoms with Crippen molar-refractivity contribution >= 4 is 86.1 Å². The summed E-state index contributed by atoms with van der Waals surface area (Å²) in [5.74, 6) is -0.967. The SMILES string of the molecule is O=C(CSc1ccc(NC(=O)/C(=C/c2cccc(Br)c2)NC(=O)c2ccccc2)cc1)Nc1cc(Cl)ccc1Cl. The summed E-state index contributed by atoms with van der Waals surface area (Å²) in [6.45, 7) is 0. The summed E-state index contributed by atoms with van der Waals surface area (Å²) in [7, 11) is 0. The van der Waals surface area contributed by atoms with E-state index in [2.05, 4.69) is 31.9 Å². The normalized spacial score (nSPS) is 11.0. The summed E-state index contributed by atoms with van der Waals surface area (Å²) in [5.41, 5.74) is 2.22. The van der Waals surface area contributed by atoms with E-state index in [1.807, 2.05) is 30.3 Å². The number of rotatable bonds is 9. The van der Waals surface area contributed by atoms with Gasteiger partial charge in [0.05, 0.1) is 16.5 Å². The van der Waals surface area contributed by atoms with Crippen LogP contribution in [0.5, 0.6) is 0 Å². The smallest absolute Gasteiger partial charge is 0.272 e. The number of halogens is 3. The first-order chi connectivity index (χ1) is 19.3. The molecule has 0 saturated carbocycles. The number of amides is 3. The lowest BCUT2D eigenvalue weighted by Crippen LogP contribution is -2.30. The van der Waals surface area contributed by atoms with Gasteiger partial charge >= 0.3 is 0 Å². The summed E-state index contributed by atoms with van der Waals surface area (Å²) >= 11 is 16.8. The van der Waals surface area contributed by atoms with E-state index in [1.54, 1.807) is 72.8 Å². The molecule has 0 fully saturated rings. The highest BCUT2D eigenvalue weighted by molar-refractivity contribution is 9.10. The molecular weight excluding hydrogens is 633 g/mol. The lowest BCUT2D eigenvalue weighted by molar-refractivity contribution is -0.114. The zero-order chi connectivity index (χ0) is 28.5. The molecule has 0 aromatic heterocycles. The predicted octanol–water partition coefficient (Wildman–Crippen LogP) is 7.90. The maximum absolute atomic E-state index is 13.2. The Balaban J connectivity index is 1.41. The van der Waals surface area contributed by atoms with Gasteiger partial charge in [0.25, 0.3) is 11.8 Å². The quantitative estimate of drug-likeness (QED) is 0.127. The second-order valence-electron chi connectivity index (χ2n) is 8.37. The number of thioether (sulfide) groups is 1. The zero-order valence-corrected chi connectivity index (χ0v) is 24.7. The fraction of sp³-hybridized carbons (Fsp3) is 0.0333. The molecule has 0 bridgehead atoms. The molecule has 4 aromatic carbocycles. The minimum absolute atomic E-state index is 0.0850. The van der Waals surface area contributed by atoms with Gasteiger partial charge in [-0.15, -0.1) is 11.8 Å². The lowest BCUT2D eigenvalue weighted by Gasteiger charge is -2.12. The van der Waals surface area contributed by atoms with Gasteiger partial charge in [0, 0.05) is 25.6 Å². The van der Waals surface area contributed by atoms with Gasteiger partial charge in [0.1, 0.15) is 5.70 Å². The maximum Gasteiger partial charge on any atom is 0.272 e. The van der Waals surface area contributed by atoms with Crippen LogP contribution >= 0.6 is 50.9 Å². The molecule has 6 nitrogen and oxygen atoms in total. The van der Waals surface area contributed by atoms with Crippen molar-refractivity contribution < 1.29 is 14.4 Å². The van der Waals surface area contributed by atoms with E-state index in [4.69, 9.17) is 23.2 Å². The van der Waals surface area contributed by atoms with Crippen LogP contribution in [0.15, 0.2) is 112 Å². The predicted molar refractivity (Wildman–Crippen MR) is 167 cm³/mol. The van der Waals surface area contributed by atoms with E-state index in [-0.39, 0.29) is 17.4 Å². The largest absolute Gasteiger partial charge is 0.324 e. The Hall–Kier alpha value is -3.56. The van der Waals surface area contributed by atoms with Crippen LogP contribution in [0, 0.1) is 0 Å². The van der Waals surface area contributed by atoms with Gasteiger partial charge < -0.3 is 16.0 Å². The van der Waals surface area contributed by atoms with Crippen LogP contribution in [-0.4, -0.2) is 23.5 Å². The van der Waals surface area contributed by atoms with E-state index < -0.39 is 11.8 Å². The van der Waals surface area contributed by atoms with Crippen molar-refractivity contribution in [3.63, 3.8) is 0 Å². The highest BCUT2D eigenvalue weighted by atomic mass is 79.9. The van der Waals surface area contributed by atoms with Crippen molar-refractivity contribution in [3.05, 3.63) is 128 Å². The van der Waals surface area contributed by atoms with E-state index in [0.29, 0.717) is 27.0 Å². The fourth-order valence-corrected chi connectivity index (χ4v) is 4.92. The van der Waals surface area contributed by atoms with Gasteiger partial charge in [-0.05, 0) is 78.4 Å². The van der Waals surface area contributed by atoms with Crippen LogP contribution in [-0.2, 0) is 9.59 Å². The molecule has 0 unspecified atom stereocenters. The van der Waals surface area contributed by atoms with Crippen LogP contribution in [0.4, 0.5) is 11.4 Å². The molecular formula is C30H22BrCl2N3O3S. The molecule has 3 N–H and O–H groups in total. The van der Waals surface area contributed by atoms with Crippen LogP contribution in [0.25, 0.3) is 6.08 Å². The summed E-state index contributed by atoms with van der Waals surface area (Å²) in [4.78, 5) is 39.2. The average molecular weight is 655 g/mol. The molecule has 0 aliphatic heterocycles. The van der Waals surface area contributed by atoms with Gasteiger partial charge in [-0.1, -0.05) is 69.5 Å². The molecule has 0 atom stereocenters. The van der Waals surface area contributed by atoms with Crippen molar-refractivity contribution in [3.8, 4) is 0 Å². The van der Waals surface area contributed by atoms with Crippen molar-refractivity contribution in [1.29, 1.82) is 0 Å². The molecule has 0 radical (unpaired) electrons. The molecule has 4 rings (SSSR count). The highest BCUT2D eigenvalue weighted by Crippen LogP contribution is 2.26. The molecule has 0 saturated heterocycles. The van der Waals surface area contributed by atoms with Crippen LogP contribution in [0.2, 0.25) is 10.0 Å². The molecule has 0 aliphatic carbocycles. The summed E-state index contributed by atoms with van der Waals surface area (Å²) in [6, 6.07) is 27.9. The Bertz CT molecular complexity index is 1560. The van der Waals surface area contributed by atoms with Crippen LogP contribution < -0.4 is 16.0 Å². The van der Waals surface area contributed by atoms with Crippen molar-refractivity contribution in [1.82, 2.24) is 5.32 Å². The average Bonchev–Trinajstić information content (AvgIpc) is 2.94. The van der Waals surface area contributed by atoms with Gasteiger partial charge in [-0.3, -0.25) is 14.4 Å². The second-order valence-corrected chi connectivity index (χ2v) is 11.2. The molecule has 0 heterocycles. The van der Waals surface area contributed by atoms with Crippen molar-refractivity contribution in [2.45, 2.75) is 4.90 Å². The van der Waals surface area contributed by atoms with E-state index in [9.17, 15) is 14.4 Å². The van der Waals surface area contributed by atoms with Crippen LogP contribution in [0.1, 0.15) is 15.9 Å². The Kier molecular flexibility index (Phi) is 10.4. The number of benzene rings is 4. The minimum atomic E-state index is -0.484. The molecule has 40 heavy (non-hydrogen) atoms. The van der Waals surface area contributed by atoms with Gasteiger partial charge in [-0.25, -0.2) is 0 Å². The third kappa shape index (κ3) is 8.72. The minimum Gasteiger partial charge on any atom is -0.324 e. The summed E-state index contributed by atoms with van der Waals surface area (Å²) in [6.07, 6.45) is 1.61. The Morgan fingerprint density at radius 2 is 1.57 bits per heavy atom. The summed E-state index contributed by atoms with van der Waals surface area (Å²) < 4.78 is 0.841. The van der Waals surface area contributed by atoms with E-state index in [1.165, 1.54) is 11.8 Å². The highest BCUT2D eigenvalue weighted by Gasteiger charge is 2.15. The van der Waals surface area contributed by atoms with Crippen LogP contribution in [0.3, 0.4) is 0 Å². The topological polar surface area (TPSA) is 87.3 Å². The Labute approximate surface area is 254 Å². The molecule has 4 aromatic rings. The number of hydrogen-bond donors (Lipinski definition) is 3. The molecule has 0 spiro atoms. The Morgan fingerprint density at radius 1 is 0.825 bits per heavy atom. The first kappa shape index (κ1) is 29.4.